The topological polar surface area (TPSA) is 97.6 Å². The Kier molecular flexibility index (Phi) is 6.16. The highest BCUT2D eigenvalue weighted by Crippen LogP contribution is 2.25. The Bertz CT molecular complexity index is 794. The van der Waals surface area contributed by atoms with Gasteiger partial charge in [0.1, 0.15) is 5.58 Å². The van der Waals surface area contributed by atoms with Crippen molar-refractivity contribution >= 4 is 28.8 Å². The zero-order valence-electron chi connectivity index (χ0n) is 14.6. The lowest BCUT2D eigenvalue weighted by Gasteiger charge is -2.06. The molecule has 0 radical (unpaired) electrons. The predicted octanol–water partition coefficient (Wildman–Crippen LogP) is 1.39. The second-order valence-electron chi connectivity index (χ2n) is 5.82. The van der Waals surface area contributed by atoms with Crippen LogP contribution in [-0.4, -0.2) is 38.0 Å². The van der Waals surface area contributed by atoms with Crippen LogP contribution in [0.25, 0.3) is 11.0 Å². The van der Waals surface area contributed by atoms with E-state index < -0.39 is 5.97 Å². The summed E-state index contributed by atoms with van der Waals surface area (Å²) in [5.74, 6) is -1.04. The van der Waals surface area contributed by atoms with Crippen molar-refractivity contribution in [1.29, 1.82) is 0 Å². The standard InChI is InChI=1S/C18H22N2O5/c1-11-6-14-13(10-25-15(14)7-12(11)2)8-16(21)20-9-17(22)19-5-4-18(23)24-3/h6-7,10H,4-5,8-9H2,1-3H3,(H,19,22)(H,20,21). The van der Waals surface area contributed by atoms with Gasteiger partial charge in [0.25, 0.3) is 0 Å². The van der Waals surface area contributed by atoms with E-state index in [9.17, 15) is 14.4 Å². The number of rotatable bonds is 7. The monoisotopic (exact) mass is 346 g/mol. The van der Waals surface area contributed by atoms with Crippen LogP contribution in [0.3, 0.4) is 0 Å². The fourth-order valence-electron chi connectivity index (χ4n) is 2.36. The molecule has 0 fully saturated rings. The minimum atomic E-state index is -0.401. The molecule has 2 N–H and O–H groups in total. The number of esters is 1. The highest BCUT2D eigenvalue weighted by atomic mass is 16.5. The maximum absolute atomic E-state index is 12.0. The van der Waals surface area contributed by atoms with Crippen LogP contribution in [0.4, 0.5) is 0 Å². The van der Waals surface area contributed by atoms with Gasteiger partial charge in [0.05, 0.1) is 32.8 Å². The minimum absolute atomic E-state index is 0.0932. The molecule has 0 saturated carbocycles. The summed E-state index contributed by atoms with van der Waals surface area (Å²) in [6.07, 6.45) is 1.79. The van der Waals surface area contributed by atoms with Crippen molar-refractivity contribution in [2.45, 2.75) is 26.7 Å². The van der Waals surface area contributed by atoms with E-state index in [0.29, 0.717) is 0 Å². The molecule has 0 unspecified atom stereocenters. The number of hydrogen-bond donors (Lipinski definition) is 2. The lowest BCUT2D eigenvalue weighted by molar-refractivity contribution is -0.140. The van der Waals surface area contributed by atoms with E-state index in [-0.39, 0.29) is 37.7 Å². The molecule has 0 aliphatic carbocycles. The van der Waals surface area contributed by atoms with Crippen molar-refractivity contribution < 1.29 is 23.5 Å². The molecule has 0 aliphatic rings. The maximum atomic E-state index is 12.0. The number of amides is 2. The Hall–Kier alpha value is -2.83. The fourth-order valence-corrected chi connectivity index (χ4v) is 2.36. The average Bonchev–Trinajstić information content (AvgIpc) is 2.95. The smallest absolute Gasteiger partial charge is 0.307 e. The number of ether oxygens (including phenoxy) is 1. The number of methoxy groups -OCH3 is 1. The molecular weight excluding hydrogens is 324 g/mol. The van der Waals surface area contributed by atoms with Gasteiger partial charge in [-0.2, -0.15) is 0 Å². The number of carbonyl (C=O) groups excluding carboxylic acids is 3. The van der Waals surface area contributed by atoms with Crippen molar-refractivity contribution in [3.05, 3.63) is 35.1 Å². The third kappa shape index (κ3) is 5.07. The van der Waals surface area contributed by atoms with E-state index in [0.717, 1.165) is 27.7 Å². The van der Waals surface area contributed by atoms with Crippen LogP contribution in [0.5, 0.6) is 0 Å². The molecule has 2 rings (SSSR count). The van der Waals surface area contributed by atoms with Gasteiger partial charge >= 0.3 is 5.97 Å². The number of carbonyl (C=O) groups is 3. The van der Waals surface area contributed by atoms with Crippen molar-refractivity contribution in [3.63, 3.8) is 0 Å². The van der Waals surface area contributed by atoms with Gasteiger partial charge in [-0.15, -0.1) is 0 Å². The number of hydrogen-bond acceptors (Lipinski definition) is 5. The molecule has 2 aromatic rings. The van der Waals surface area contributed by atoms with Crippen LogP contribution in [0.2, 0.25) is 0 Å². The summed E-state index contributed by atoms with van der Waals surface area (Å²) in [5.41, 5.74) is 3.77. The number of furan rings is 1. The van der Waals surface area contributed by atoms with Gasteiger partial charge in [0.15, 0.2) is 0 Å². The van der Waals surface area contributed by atoms with Crippen LogP contribution < -0.4 is 10.6 Å². The van der Waals surface area contributed by atoms with Crippen molar-refractivity contribution in [3.8, 4) is 0 Å². The van der Waals surface area contributed by atoms with E-state index in [1.807, 2.05) is 26.0 Å². The molecule has 0 aliphatic heterocycles. The fraction of sp³-hybridized carbons (Fsp3) is 0.389. The van der Waals surface area contributed by atoms with Gasteiger partial charge < -0.3 is 19.8 Å². The molecule has 0 saturated heterocycles. The molecule has 0 atom stereocenters. The quantitative estimate of drug-likeness (QED) is 0.738. The van der Waals surface area contributed by atoms with E-state index in [2.05, 4.69) is 15.4 Å². The summed E-state index contributed by atoms with van der Waals surface area (Å²) in [6.45, 7) is 4.03. The molecule has 7 heteroatoms. The third-order valence-corrected chi connectivity index (χ3v) is 3.95. The van der Waals surface area contributed by atoms with Crippen LogP contribution in [-0.2, 0) is 25.5 Å². The van der Waals surface area contributed by atoms with Gasteiger partial charge in [0.2, 0.25) is 11.8 Å². The Labute approximate surface area is 145 Å². The lowest BCUT2D eigenvalue weighted by Crippen LogP contribution is -2.38. The second-order valence-corrected chi connectivity index (χ2v) is 5.82. The van der Waals surface area contributed by atoms with Gasteiger partial charge in [-0.25, -0.2) is 0 Å². The summed E-state index contributed by atoms with van der Waals surface area (Å²) < 4.78 is 9.97. The molecule has 0 bridgehead atoms. The van der Waals surface area contributed by atoms with Crippen LogP contribution in [0, 0.1) is 13.8 Å². The zero-order valence-corrected chi connectivity index (χ0v) is 14.6. The number of fused-ring (bicyclic) bond motifs is 1. The first-order valence-corrected chi connectivity index (χ1v) is 7.98. The molecule has 25 heavy (non-hydrogen) atoms. The molecule has 1 heterocycles. The van der Waals surface area contributed by atoms with E-state index in [1.54, 1.807) is 6.26 Å². The van der Waals surface area contributed by atoms with Crippen LogP contribution in [0.1, 0.15) is 23.1 Å². The second kappa shape index (κ2) is 8.32. The molecule has 134 valence electrons. The van der Waals surface area contributed by atoms with Gasteiger partial charge in [-0.05, 0) is 37.1 Å². The van der Waals surface area contributed by atoms with Gasteiger partial charge in [-0.3, -0.25) is 14.4 Å². The zero-order chi connectivity index (χ0) is 18.4. The van der Waals surface area contributed by atoms with Crippen molar-refractivity contribution in [2.75, 3.05) is 20.2 Å². The maximum Gasteiger partial charge on any atom is 0.307 e. The number of nitrogens with one attached hydrogen (secondary N) is 2. The normalized spacial score (nSPS) is 10.5. The molecule has 1 aromatic carbocycles. The average molecular weight is 346 g/mol. The Morgan fingerprint density at radius 1 is 1.08 bits per heavy atom. The highest BCUT2D eigenvalue weighted by molar-refractivity contribution is 5.90. The van der Waals surface area contributed by atoms with E-state index >= 15 is 0 Å². The van der Waals surface area contributed by atoms with Gasteiger partial charge in [0, 0.05) is 17.5 Å². The first kappa shape index (κ1) is 18.5. The minimum Gasteiger partial charge on any atom is -0.469 e. The first-order chi connectivity index (χ1) is 11.9. The molecule has 1 aromatic heterocycles. The summed E-state index contributed by atoms with van der Waals surface area (Å²) in [4.78, 5) is 34.6. The van der Waals surface area contributed by atoms with E-state index in [4.69, 9.17) is 4.42 Å². The first-order valence-electron chi connectivity index (χ1n) is 7.98. The van der Waals surface area contributed by atoms with Crippen molar-refractivity contribution in [1.82, 2.24) is 10.6 Å². The van der Waals surface area contributed by atoms with Gasteiger partial charge in [-0.1, -0.05) is 0 Å². The SMILES string of the molecule is COC(=O)CCNC(=O)CNC(=O)Cc1coc2cc(C)c(C)cc12. The lowest BCUT2D eigenvalue weighted by atomic mass is 10.0. The predicted molar refractivity (Wildman–Crippen MR) is 92.0 cm³/mol. The van der Waals surface area contributed by atoms with Crippen LogP contribution in [0.15, 0.2) is 22.8 Å². The molecule has 7 nitrogen and oxygen atoms in total. The Morgan fingerprint density at radius 3 is 2.52 bits per heavy atom. The summed E-state index contributed by atoms with van der Waals surface area (Å²) in [5, 5.41) is 5.99. The van der Waals surface area contributed by atoms with E-state index in [1.165, 1.54) is 7.11 Å². The summed E-state index contributed by atoms with van der Waals surface area (Å²) in [6, 6.07) is 3.94. The third-order valence-electron chi connectivity index (χ3n) is 3.95. The highest BCUT2D eigenvalue weighted by Gasteiger charge is 2.12. The Morgan fingerprint density at radius 2 is 1.80 bits per heavy atom. The molecule has 0 spiro atoms. The molecule has 2 amide bonds. The summed E-state index contributed by atoms with van der Waals surface area (Å²) in [7, 11) is 1.28. The number of aryl methyl sites for hydroxylation is 2. The Balaban J connectivity index is 1.83. The van der Waals surface area contributed by atoms with Crippen LogP contribution >= 0.6 is 0 Å². The summed E-state index contributed by atoms with van der Waals surface area (Å²) >= 11 is 0. The number of benzene rings is 1. The molecular formula is C18H22N2O5. The largest absolute Gasteiger partial charge is 0.469 e. The van der Waals surface area contributed by atoms with Crippen molar-refractivity contribution in [2.24, 2.45) is 0 Å².